The maximum atomic E-state index is 13.9. The molecule has 4 N–H and O–H groups in total. The normalized spacial score (nSPS) is 11.0. The predicted octanol–water partition coefficient (Wildman–Crippen LogP) is 5.40. The molecule has 0 atom stereocenters. The number of nitrogens with two attached hydrogens (primary N) is 1. The Balaban J connectivity index is 1.63. The average Bonchev–Trinajstić information content (AvgIpc) is 2.91. The van der Waals surface area contributed by atoms with Crippen LogP contribution in [0.15, 0.2) is 83.9 Å². The molecular formula is C30H27FN6O. The molecule has 8 heteroatoms. The van der Waals surface area contributed by atoms with Gasteiger partial charge in [0, 0.05) is 11.3 Å². The molecule has 5 rings (SSSR count). The summed E-state index contributed by atoms with van der Waals surface area (Å²) in [6.45, 7) is 4.21. The summed E-state index contributed by atoms with van der Waals surface area (Å²) in [5, 5.41) is 13.5. The first kappa shape index (κ1) is 24.8. The Morgan fingerprint density at radius 1 is 1.05 bits per heavy atom. The summed E-state index contributed by atoms with van der Waals surface area (Å²) >= 11 is 0. The van der Waals surface area contributed by atoms with Crippen molar-refractivity contribution < 1.29 is 4.39 Å². The van der Waals surface area contributed by atoms with Crippen LogP contribution in [0.3, 0.4) is 0 Å². The van der Waals surface area contributed by atoms with Gasteiger partial charge in [0.15, 0.2) is 0 Å². The number of nitrogens with zero attached hydrogens (tertiary/aromatic N) is 3. The zero-order chi connectivity index (χ0) is 26.8. The second kappa shape index (κ2) is 10.3. The summed E-state index contributed by atoms with van der Waals surface area (Å²) in [6.07, 6.45) is 2.07. The van der Waals surface area contributed by atoms with Gasteiger partial charge in [-0.1, -0.05) is 55.5 Å². The third kappa shape index (κ3) is 4.52. The van der Waals surface area contributed by atoms with Crippen LogP contribution in [-0.4, -0.2) is 20.2 Å². The van der Waals surface area contributed by atoms with Gasteiger partial charge in [-0.15, -0.1) is 0 Å². The fourth-order valence-corrected chi connectivity index (χ4v) is 4.75. The van der Waals surface area contributed by atoms with Crippen LogP contribution in [0, 0.1) is 18.2 Å². The van der Waals surface area contributed by atoms with E-state index in [-0.39, 0.29) is 29.2 Å². The number of nitrogens with one attached hydrogen (secondary N) is 2. The minimum atomic E-state index is -0.456. The molecule has 0 saturated heterocycles. The van der Waals surface area contributed by atoms with Crippen molar-refractivity contribution in [1.29, 1.82) is 5.41 Å². The van der Waals surface area contributed by atoms with E-state index in [1.165, 1.54) is 24.5 Å². The Kier molecular flexibility index (Phi) is 6.70. The predicted molar refractivity (Wildman–Crippen MR) is 150 cm³/mol. The highest BCUT2D eigenvalue weighted by atomic mass is 19.1. The molecule has 0 aliphatic heterocycles. The van der Waals surface area contributed by atoms with Crippen molar-refractivity contribution in [1.82, 2.24) is 14.5 Å². The fourth-order valence-electron chi connectivity index (χ4n) is 4.75. The average molecular weight is 507 g/mol. The van der Waals surface area contributed by atoms with Gasteiger partial charge >= 0.3 is 0 Å². The summed E-state index contributed by atoms with van der Waals surface area (Å²) in [5.74, 6) is -0.0410. The summed E-state index contributed by atoms with van der Waals surface area (Å²) in [5.41, 5.74) is 10.1. The smallest absolute Gasteiger partial charge is 0.263 e. The number of aryl methyl sites for hydroxylation is 2. The van der Waals surface area contributed by atoms with E-state index in [2.05, 4.69) is 22.2 Å². The minimum absolute atomic E-state index is 0.00652. The van der Waals surface area contributed by atoms with Crippen LogP contribution in [0.2, 0.25) is 0 Å². The van der Waals surface area contributed by atoms with Crippen LogP contribution >= 0.6 is 0 Å². The molecule has 0 spiro atoms. The standard InChI is InChI=1S/C30H27FN6O/c1-3-19-9-4-5-13-24(19)37-23(15-20-10-6-8-18(2)25(20)30(37)38)16-34-29-26(28(33)35-17-36-29)27(32)21-11-7-12-22(31)14-21/h4-15,17,32H,3,16H2,1-2H3,(H3,33,34,35,36). The van der Waals surface area contributed by atoms with Crippen molar-refractivity contribution in [3.63, 3.8) is 0 Å². The summed E-state index contributed by atoms with van der Waals surface area (Å²) in [6, 6.07) is 21.4. The van der Waals surface area contributed by atoms with Crippen LogP contribution in [0.1, 0.15) is 34.9 Å². The Bertz CT molecular complexity index is 1740. The van der Waals surface area contributed by atoms with E-state index in [4.69, 9.17) is 11.1 Å². The van der Waals surface area contributed by atoms with Gasteiger partial charge in [0.2, 0.25) is 0 Å². The molecule has 7 nitrogen and oxygen atoms in total. The molecule has 2 heterocycles. The number of para-hydroxylation sites is 1. The van der Waals surface area contributed by atoms with E-state index in [9.17, 15) is 9.18 Å². The van der Waals surface area contributed by atoms with Crippen molar-refractivity contribution >= 4 is 28.1 Å². The van der Waals surface area contributed by atoms with Gasteiger partial charge in [-0.2, -0.15) is 0 Å². The molecule has 0 aliphatic rings. The summed E-state index contributed by atoms with van der Waals surface area (Å²) in [7, 11) is 0. The van der Waals surface area contributed by atoms with Crippen molar-refractivity contribution in [2.45, 2.75) is 26.8 Å². The number of benzene rings is 3. The van der Waals surface area contributed by atoms with Crippen LogP contribution in [0.5, 0.6) is 0 Å². The number of fused-ring (bicyclic) bond motifs is 1. The lowest BCUT2D eigenvalue weighted by molar-refractivity contribution is 0.627. The number of hydrogen-bond donors (Lipinski definition) is 3. The van der Waals surface area contributed by atoms with Crippen LogP contribution < -0.4 is 16.6 Å². The van der Waals surface area contributed by atoms with Crippen molar-refractivity contribution in [2.75, 3.05) is 11.1 Å². The van der Waals surface area contributed by atoms with E-state index in [1.807, 2.05) is 55.5 Å². The second-order valence-electron chi connectivity index (χ2n) is 9.02. The Morgan fingerprint density at radius 3 is 2.63 bits per heavy atom. The molecule has 0 unspecified atom stereocenters. The topological polar surface area (TPSA) is 110 Å². The van der Waals surface area contributed by atoms with Gasteiger partial charge in [0.05, 0.1) is 28.9 Å². The Hall–Kier alpha value is -4.85. The van der Waals surface area contributed by atoms with Gasteiger partial charge in [-0.05, 0) is 54.1 Å². The number of anilines is 2. The van der Waals surface area contributed by atoms with Crippen molar-refractivity contribution in [3.8, 4) is 5.69 Å². The molecule has 190 valence electrons. The second-order valence-corrected chi connectivity index (χ2v) is 9.02. The molecule has 0 fully saturated rings. The lowest BCUT2D eigenvalue weighted by Crippen LogP contribution is -2.25. The number of rotatable bonds is 7. The highest BCUT2D eigenvalue weighted by Crippen LogP contribution is 2.25. The summed E-state index contributed by atoms with van der Waals surface area (Å²) in [4.78, 5) is 22.3. The molecule has 3 aromatic carbocycles. The van der Waals surface area contributed by atoms with Crippen molar-refractivity contribution in [2.24, 2.45) is 0 Å². The quantitative estimate of drug-likeness (QED) is 0.256. The molecule has 2 aromatic heterocycles. The fraction of sp³-hybridized carbons (Fsp3) is 0.133. The molecule has 0 radical (unpaired) electrons. The van der Waals surface area contributed by atoms with Crippen molar-refractivity contribution in [3.05, 3.63) is 123 Å². The van der Waals surface area contributed by atoms with E-state index in [0.29, 0.717) is 16.8 Å². The van der Waals surface area contributed by atoms with E-state index in [1.54, 1.807) is 10.6 Å². The Morgan fingerprint density at radius 2 is 1.84 bits per heavy atom. The molecule has 38 heavy (non-hydrogen) atoms. The molecule has 0 saturated carbocycles. The SMILES string of the molecule is CCc1ccccc1-n1c(CNc2ncnc(N)c2C(=N)c2cccc(F)c2)cc2cccc(C)c2c1=O. The number of hydrogen-bond acceptors (Lipinski definition) is 6. The first-order valence-electron chi connectivity index (χ1n) is 12.3. The molecule has 0 bridgehead atoms. The molecule has 5 aromatic rings. The van der Waals surface area contributed by atoms with Gasteiger partial charge in [-0.25, -0.2) is 14.4 Å². The largest absolute Gasteiger partial charge is 0.383 e. The molecule has 0 amide bonds. The van der Waals surface area contributed by atoms with E-state index in [0.717, 1.165) is 34.3 Å². The highest BCUT2D eigenvalue weighted by Gasteiger charge is 2.19. The monoisotopic (exact) mass is 506 g/mol. The maximum Gasteiger partial charge on any atom is 0.263 e. The van der Waals surface area contributed by atoms with Crippen LogP contribution in [0.25, 0.3) is 16.5 Å². The molecular weight excluding hydrogens is 479 g/mol. The first-order chi connectivity index (χ1) is 18.4. The first-order valence-corrected chi connectivity index (χ1v) is 12.3. The maximum absolute atomic E-state index is 13.9. The van der Waals surface area contributed by atoms with Gasteiger partial charge in [-0.3, -0.25) is 14.8 Å². The zero-order valence-corrected chi connectivity index (χ0v) is 21.1. The third-order valence-corrected chi connectivity index (χ3v) is 6.62. The van der Waals surface area contributed by atoms with Gasteiger partial charge < -0.3 is 11.1 Å². The van der Waals surface area contributed by atoms with Crippen LogP contribution in [-0.2, 0) is 13.0 Å². The number of nitrogen functional groups attached to an aromatic ring is 1. The number of halogens is 1. The van der Waals surface area contributed by atoms with E-state index < -0.39 is 5.82 Å². The lowest BCUT2D eigenvalue weighted by atomic mass is 10.0. The van der Waals surface area contributed by atoms with Gasteiger partial charge in [0.25, 0.3) is 5.56 Å². The van der Waals surface area contributed by atoms with Gasteiger partial charge in [0.1, 0.15) is 23.8 Å². The number of pyridine rings is 1. The summed E-state index contributed by atoms with van der Waals surface area (Å²) < 4.78 is 15.6. The third-order valence-electron chi connectivity index (χ3n) is 6.62. The Labute approximate surface area is 219 Å². The number of aromatic nitrogens is 3. The molecule has 0 aliphatic carbocycles. The lowest BCUT2D eigenvalue weighted by Gasteiger charge is -2.19. The highest BCUT2D eigenvalue weighted by molar-refractivity contribution is 6.16. The van der Waals surface area contributed by atoms with Crippen LogP contribution in [0.4, 0.5) is 16.0 Å². The van der Waals surface area contributed by atoms with E-state index >= 15 is 0 Å². The minimum Gasteiger partial charge on any atom is -0.383 e. The zero-order valence-electron chi connectivity index (χ0n) is 21.1.